The minimum absolute atomic E-state index is 0.0204. The van der Waals surface area contributed by atoms with E-state index in [4.69, 9.17) is 19.3 Å². The van der Waals surface area contributed by atoms with Gasteiger partial charge in [0.15, 0.2) is 11.9 Å². The molecular weight excluding hydrogens is 408 g/mol. The first-order valence-corrected chi connectivity index (χ1v) is 10.4. The number of methoxy groups -OCH3 is 1. The molecule has 1 atom stereocenters. The summed E-state index contributed by atoms with van der Waals surface area (Å²) in [6.07, 6.45) is 0.0627. The maximum absolute atomic E-state index is 12.4. The van der Waals surface area contributed by atoms with E-state index in [0.717, 1.165) is 5.56 Å². The Hall–Kier alpha value is -3.64. The van der Waals surface area contributed by atoms with E-state index in [-0.39, 0.29) is 12.2 Å². The van der Waals surface area contributed by atoms with Gasteiger partial charge < -0.3 is 19.3 Å². The fraction of sp³-hybridized carbons (Fsp3) is 0.231. The Morgan fingerprint density at radius 1 is 0.812 bits per heavy atom. The molecule has 0 fully saturated rings. The summed E-state index contributed by atoms with van der Waals surface area (Å²) in [5, 5.41) is 9.11. The van der Waals surface area contributed by atoms with Crippen molar-refractivity contribution in [1.82, 2.24) is 0 Å². The number of ketones is 1. The van der Waals surface area contributed by atoms with Crippen LogP contribution < -0.4 is 9.47 Å². The predicted molar refractivity (Wildman–Crippen MR) is 121 cm³/mol. The smallest absolute Gasteiger partial charge is 0.333 e. The summed E-state index contributed by atoms with van der Waals surface area (Å²) in [4.78, 5) is 23.5. The van der Waals surface area contributed by atoms with Crippen LogP contribution in [-0.4, -0.2) is 43.3 Å². The maximum Gasteiger partial charge on any atom is 0.333 e. The summed E-state index contributed by atoms with van der Waals surface area (Å²) in [6, 6.07) is 23.6. The predicted octanol–water partition coefficient (Wildman–Crippen LogP) is 4.41. The first kappa shape index (κ1) is 23.0. The van der Waals surface area contributed by atoms with Gasteiger partial charge in [-0.1, -0.05) is 42.5 Å². The lowest BCUT2D eigenvalue weighted by Gasteiger charge is -2.12. The van der Waals surface area contributed by atoms with Crippen LogP contribution >= 0.6 is 0 Å². The van der Waals surface area contributed by atoms with Gasteiger partial charge in [-0.3, -0.25) is 4.79 Å². The average molecular weight is 434 g/mol. The molecule has 0 aromatic heterocycles. The largest absolute Gasteiger partial charge is 0.493 e. The van der Waals surface area contributed by atoms with Crippen LogP contribution in [0.25, 0.3) is 0 Å². The zero-order valence-corrected chi connectivity index (χ0v) is 17.9. The van der Waals surface area contributed by atoms with Gasteiger partial charge in [0.1, 0.15) is 11.5 Å². The number of rotatable bonds is 12. The monoisotopic (exact) mass is 434 g/mol. The molecule has 0 bridgehead atoms. The van der Waals surface area contributed by atoms with E-state index in [1.807, 2.05) is 42.5 Å². The number of hydrogen-bond donors (Lipinski definition) is 1. The van der Waals surface area contributed by atoms with E-state index in [1.54, 1.807) is 36.4 Å². The Morgan fingerprint density at radius 3 is 2.12 bits per heavy atom. The molecule has 0 aliphatic rings. The molecule has 0 unspecified atom stereocenters. The third-order valence-corrected chi connectivity index (χ3v) is 4.86. The molecule has 3 rings (SSSR count). The zero-order valence-electron chi connectivity index (χ0n) is 17.9. The van der Waals surface area contributed by atoms with Gasteiger partial charge in [-0.2, -0.15) is 0 Å². The van der Waals surface area contributed by atoms with Crippen LogP contribution in [0.1, 0.15) is 27.9 Å². The summed E-state index contributed by atoms with van der Waals surface area (Å²) in [7, 11) is 1.38. The molecular formula is C26H26O6. The molecule has 32 heavy (non-hydrogen) atoms. The number of carbonyl (C=O) groups excluding carboxylic acids is 1. The van der Waals surface area contributed by atoms with E-state index < -0.39 is 12.1 Å². The fourth-order valence-corrected chi connectivity index (χ4v) is 3.15. The quantitative estimate of drug-likeness (QED) is 0.336. The van der Waals surface area contributed by atoms with Crippen molar-refractivity contribution >= 4 is 11.8 Å². The number of carbonyl (C=O) groups is 2. The highest BCUT2D eigenvalue weighted by molar-refractivity contribution is 6.08. The van der Waals surface area contributed by atoms with Crippen molar-refractivity contribution in [3.63, 3.8) is 0 Å². The van der Waals surface area contributed by atoms with Crippen molar-refractivity contribution in [3.05, 3.63) is 95.6 Å². The SMILES string of the molecule is CO[C@@H](Cc1cccc(OCCCOc2ccc(C(=O)c3ccccc3)cc2)c1)C(=O)O. The van der Waals surface area contributed by atoms with Crippen LogP contribution in [0.15, 0.2) is 78.9 Å². The van der Waals surface area contributed by atoms with Crippen LogP contribution in [0.3, 0.4) is 0 Å². The molecule has 0 saturated carbocycles. The lowest BCUT2D eigenvalue weighted by molar-refractivity contribution is -0.148. The number of benzene rings is 3. The van der Waals surface area contributed by atoms with E-state index in [9.17, 15) is 9.59 Å². The molecule has 0 radical (unpaired) electrons. The Morgan fingerprint density at radius 2 is 1.47 bits per heavy atom. The van der Waals surface area contributed by atoms with Crippen molar-refractivity contribution in [2.75, 3.05) is 20.3 Å². The molecule has 3 aromatic carbocycles. The van der Waals surface area contributed by atoms with Gasteiger partial charge in [-0.05, 0) is 42.0 Å². The van der Waals surface area contributed by atoms with Crippen molar-refractivity contribution in [1.29, 1.82) is 0 Å². The fourth-order valence-electron chi connectivity index (χ4n) is 3.15. The van der Waals surface area contributed by atoms with Crippen molar-refractivity contribution in [2.24, 2.45) is 0 Å². The summed E-state index contributed by atoms with van der Waals surface area (Å²) < 4.78 is 16.5. The maximum atomic E-state index is 12.4. The Bertz CT molecular complexity index is 1010. The van der Waals surface area contributed by atoms with Crippen molar-refractivity contribution < 1.29 is 28.9 Å². The normalized spacial score (nSPS) is 11.5. The first-order valence-electron chi connectivity index (χ1n) is 10.4. The van der Waals surface area contributed by atoms with Gasteiger partial charge in [0.25, 0.3) is 0 Å². The van der Waals surface area contributed by atoms with Crippen LogP contribution in [-0.2, 0) is 16.0 Å². The second-order valence-corrected chi connectivity index (χ2v) is 7.18. The van der Waals surface area contributed by atoms with Crippen LogP contribution in [0, 0.1) is 0 Å². The minimum Gasteiger partial charge on any atom is -0.493 e. The topological polar surface area (TPSA) is 82.1 Å². The van der Waals surface area contributed by atoms with E-state index >= 15 is 0 Å². The van der Waals surface area contributed by atoms with Gasteiger partial charge in [0.2, 0.25) is 0 Å². The highest BCUT2D eigenvalue weighted by Crippen LogP contribution is 2.17. The highest BCUT2D eigenvalue weighted by atomic mass is 16.5. The molecule has 3 aromatic rings. The van der Waals surface area contributed by atoms with Gasteiger partial charge >= 0.3 is 5.97 Å². The van der Waals surface area contributed by atoms with Crippen LogP contribution in [0.5, 0.6) is 11.5 Å². The van der Waals surface area contributed by atoms with Gasteiger partial charge in [-0.25, -0.2) is 4.79 Å². The first-order chi connectivity index (χ1) is 15.6. The lowest BCUT2D eigenvalue weighted by Crippen LogP contribution is -2.24. The number of hydrogen-bond acceptors (Lipinski definition) is 5. The van der Waals surface area contributed by atoms with Gasteiger partial charge in [0, 0.05) is 31.1 Å². The minimum atomic E-state index is -0.992. The molecule has 0 heterocycles. The molecule has 0 amide bonds. The number of carboxylic acids is 1. The molecule has 0 saturated heterocycles. The third kappa shape index (κ3) is 6.68. The van der Waals surface area contributed by atoms with Crippen molar-refractivity contribution in [2.45, 2.75) is 18.9 Å². The van der Waals surface area contributed by atoms with E-state index in [1.165, 1.54) is 7.11 Å². The molecule has 6 nitrogen and oxygen atoms in total. The van der Waals surface area contributed by atoms with Crippen LogP contribution in [0.2, 0.25) is 0 Å². The lowest BCUT2D eigenvalue weighted by atomic mass is 10.0. The van der Waals surface area contributed by atoms with Crippen molar-refractivity contribution in [3.8, 4) is 11.5 Å². The molecule has 0 aliphatic carbocycles. The second kappa shape index (κ2) is 11.7. The third-order valence-electron chi connectivity index (χ3n) is 4.86. The average Bonchev–Trinajstić information content (AvgIpc) is 2.83. The summed E-state index contributed by atoms with van der Waals surface area (Å²) in [5.74, 6) is 0.351. The zero-order chi connectivity index (χ0) is 22.8. The molecule has 0 aliphatic heterocycles. The molecule has 1 N–H and O–H groups in total. The summed E-state index contributed by atoms with van der Waals surface area (Å²) in [5.41, 5.74) is 2.10. The van der Waals surface area contributed by atoms with Gasteiger partial charge in [-0.15, -0.1) is 0 Å². The summed E-state index contributed by atoms with van der Waals surface area (Å²) >= 11 is 0. The molecule has 166 valence electrons. The Labute approximate surface area is 187 Å². The van der Waals surface area contributed by atoms with E-state index in [2.05, 4.69) is 0 Å². The highest BCUT2D eigenvalue weighted by Gasteiger charge is 2.17. The molecule has 6 heteroatoms. The van der Waals surface area contributed by atoms with E-state index in [0.29, 0.717) is 42.3 Å². The van der Waals surface area contributed by atoms with Crippen LogP contribution in [0.4, 0.5) is 0 Å². The number of aliphatic carboxylic acids is 1. The van der Waals surface area contributed by atoms with Gasteiger partial charge in [0.05, 0.1) is 13.2 Å². The second-order valence-electron chi connectivity index (χ2n) is 7.18. The standard InChI is InChI=1S/C26H26O6/c1-30-24(26(28)29)18-19-7-5-10-23(17-19)32-16-6-15-31-22-13-11-21(12-14-22)25(27)20-8-3-2-4-9-20/h2-5,7-14,17,24H,6,15-16,18H2,1H3,(H,28,29)/t24-/m0/s1. The number of carboxylic acid groups (broad SMARTS) is 1. The summed E-state index contributed by atoms with van der Waals surface area (Å²) in [6.45, 7) is 0.928. The Balaban J connectivity index is 1.42. The number of ether oxygens (including phenoxy) is 3. The molecule has 0 spiro atoms. The Kier molecular flexibility index (Phi) is 8.40.